The van der Waals surface area contributed by atoms with Crippen LogP contribution in [0.2, 0.25) is 0 Å². The van der Waals surface area contributed by atoms with Gasteiger partial charge in [0.05, 0.1) is 5.92 Å². The topological polar surface area (TPSA) is 65.7 Å². The fourth-order valence-corrected chi connectivity index (χ4v) is 2.70. The lowest BCUT2D eigenvalue weighted by molar-refractivity contribution is -0.164. The second kappa shape index (κ2) is 5.41. The third-order valence-electron chi connectivity index (χ3n) is 4.12. The maximum absolute atomic E-state index is 12.0. The summed E-state index contributed by atoms with van der Waals surface area (Å²) in [4.78, 5) is 23.5. The SMILES string of the molecule is CC(C)C(=O)O[C@@H]1Cc2c(ccc3ccc(=O)oc23)OC1(C)C. The van der Waals surface area contributed by atoms with E-state index in [4.69, 9.17) is 13.9 Å². The van der Waals surface area contributed by atoms with Crippen LogP contribution in [0.15, 0.2) is 33.5 Å². The molecule has 23 heavy (non-hydrogen) atoms. The summed E-state index contributed by atoms with van der Waals surface area (Å²) in [5.74, 6) is 0.183. The van der Waals surface area contributed by atoms with Crippen molar-refractivity contribution in [3.8, 4) is 5.75 Å². The van der Waals surface area contributed by atoms with Crippen molar-refractivity contribution in [3.63, 3.8) is 0 Å². The first-order valence-corrected chi connectivity index (χ1v) is 7.73. The molecule has 0 bridgehead atoms. The average molecular weight is 316 g/mol. The molecule has 0 radical (unpaired) electrons. The molecule has 122 valence electrons. The van der Waals surface area contributed by atoms with Crippen LogP contribution in [0.4, 0.5) is 0 Å². The van der Waals surface area contributed by atoms with Gasteiger partial charge in [-0.05, 0) is 32.0 Å². The Morgan fingerprint density at radius 2 is 1.96 bits per heavy atom. The number of carbonyl (C=O) groups is 1. The van der Waals surface area contributed by atoms with E-state index in [1.54, 1.807) is 19.9 Å². The summed E-state index contributed by atoms with van der Waals surface area (Å²) in [5, 5.41) is 0.820. The summed E-state index contributed by atoms with van der Waals surface area (Å²) in [6.45, 7) is 7.36. The molecule has 1 aromatic heterocycles. The summed E-state index contributed by atoms with van der Waals surface area (Å²) < 4.78 is 17.0. The summed E-state index contributed by atoms with van der Waals surface area (Å²) >= 11 is 0. The molecule has 5 heteroatoms. The molecule has 0 amide bonds. The van der Waals surface area contributed by atoms with Crippen molar-refractivity contribution in [1.82, 2.24) is 0 Å². The average Bonchev–Trinajstić information content (AvgIpc) is 2.47. The van der Waals surface area contributed by atoms with Crippen LogP contribution in [0.25, 0.3) is 11.0 Å². The third-order valence-corrected chi connectivity index (χ3v) is 4.12. The summed E-state index contributed by atoms with van der Waals surface area (Å²) in [7, 11) is 0. The Morgan fingerprint density at radius 3 is 2.65 bits per heavy atom. The van der Waals surface area contributed by atoms with Gasteiger partial charge < -0.3 is 13.9 Å². The molecule has 0 unspecified atom stereocenters. The molecule has 2 aromatic rings. The van der Waals surface area contributed by atoms with Gasteiger partial charge in [0, 0.05) is 23.4 Å². The van der Waals surface area contributed by atoms with E-state index < -0.39 is 17.3 Å². The first-order valence-electron chi connectivity index (χ1n) is 7.73. The number of hydrogen-bond donors (Lipinski definition) is 0. The predicted molar refractivity (Wildman–Crippen MR) is 85.6 cm³/mol. The normalized spacial score (nSPS) is 19.3. The van der Waals surface area contributed by atoms with Crippen LogP contribution in [-0.2, 0) is 16.0 Å². The van der Waals surface area contributed by atoms with Gasteiger partial charge in [-0.1, -0.05) is 13.8 Å². The predicted octanol–water partition coefficient (Wildman–Crippen LogP) is 3.07. The minimum absolute atomic E-state index is 0.211. The van der Waals surface area contributed by atoms with Crippen molar-refractivity contribution in [3.05, 3.63) is 40.2 Å². The fraction of sp³-hybridized carbons (Fsp3) is 0.444. The van der Waals surface area contributed by atoms with Gasteiger partial charge >= 0.3 is 11.6 Å². The first-order chi connectivity index (χ1) is 10.8. The number of benzene rings is 1. The number of hydrogen-bond acceptors (Lipinski definition) is 5. The molecule has 0 saturated carbocycles. The van der Waals surface area contributed by atoms with Crippen molar-refractivity contribution >= 4 is 16.9 Å². The van der Waals surface area contributed by atoms with Crippen LogP contribution in [0.3, 0.4) is 0 Å². The molecule has 0 saturated heterocycles. The smallest absolute Gasteiger partial charge is 0.336 e. The molecule has 5 nitrogen and oxygen atoms in total. The zero-order valence-corrected chi connectivity index (χ0v) is 13.7. The maximum Gasteiger partial charge on any atom is 0.336 e. The minimum Gasteiger partial charge on any atom is -0.484 e. The third kappa shape index (κ3) is 2.83. The van der Waals surface area contributed by atoms with Crippen molar-refractivity contribution in [2.45, 2.75) is 45.8 Å². The van der Waals surface area contributed by atoms with E-state index in [1.165, 1.54) is 6.07 Å². The van der Waals surface area contributed by atoms with Gasteiger partial charge in [0.1, 0.15) is 23.0 Å². The molecule has 0 spiro atoms. The van der Waals surface area contributed by atoms with Gasteiger partial charge in [-0.3, -0.25) is 4.79 Å². The molecule has 1 aromatic carbocycles. The fourth-order valence-electron chi connectivity index (χ4n) is 2.70. The highest BCUT2D eigenvalue weighted by atomic mass is 16.6. The van der Waals surface area contributed by atoms with Crippen molar-refractivity contribution in [1.29, 1.82) is 0 Å². The summed E-state index contributed by atoms with van der Waals surface area (Å²) in [5.41, 5.74) is 0.198. The lowest BCUT2D eigenvalue weighted by Crippen LogP contribution is -2.49. The number of esters is 1. The van der Waals surface area contributed by atoms with Crippen molar-refractivity contribution < 1.29 is 18.7 Å². The van der Waals surface area contributed by atoms with Crippen LogP contribution in [0, 0.1) is 5.92 Å². The molecule has 0 N–H and O–H groups in total. The van der Waals surface area contributed by atoms with E-state index >= 15 is 0 Å². The molecular weight excluding hydrogens is 296 g/mol. The molecule has 0 aliphatic carbocycles. The highest BCUT2D eigenvalue weighted by Gasteiger charge is 2.41. The monoisotopic (exact) mass is 316 g/mol. The zero-order valence-electron chi connectivity index (χ0n) is 13.7. The Morgan fingerprint density at radius 1 is 1.26 bits per heavy atom. The van der Waals surface area contributed by atoms with Crippen LogP contribution in [0.1, 0.15) is 33.3 Å². The van der Waals surface area contributed by atoms with E-state index in [-0.39, 0.29) is 11.9 Å². The maximum atomic E-state index is 12.0. The van der Waals surface area contributed by atoms with E-state index in [0.717, 1.165) is 10.9 Å². The van der Waals surface area contributed by atoms with E-state index in [1.807, 2.05) is 26.0 Å². The lowest BCUT2D eigenvalue weighted by Gasteiger charge is -2.39. The quantitative estimate of drug-likeness (QED) is 0.629. The first kappa shape index (κ1) is 15.6. The molecule has 1 aliphatic rings. The Bertz CT molecular complexity index is 816. The molecular formula is C18H20O5. The van der Waals surface area contributed by atoms with Crippen molar-refractivity contribution in [2.75, 3.05) is 0 Å². The number of rotatable bonds is 2. The zero-order chi connectivity index (χ0) is 16.8. The highest BCUT2D eigenvalue weighted by Crippen LogP contribution is 2.38. The van der Waals surface area contributed by atoms with Gasteiger partial charge in [0.15, 0.2) is 0 Å². The minimum atomic E-state index is -0.652. The summed E-state index contributed by atoms with van der Waals surface area (Å²) in [6.07, 6.45) is 0.00598. The number of carbonyl (C=O) groups excluding carboxylic acids is 1. The van der Waals surface area contributed by atoms with Gasteiger partial charge in [-0.2, -0.15) is 0 Å². The molecule has 0 fully saturated rings. The molecule has 2 heterocycles. The number of ether oxygens (including phenoxy) is 2. The lowest BCUT2D eigenvalue weighted by atomic mass is 9.90. The van der Waals surface area contributed by atoms with Gasteiger partial charge in [-0.15, -0.1) is 0 Å². The Kier molecular flexibility index (Phi) is 3.66. The van der Waals surface area contributed by atoms with Gasteiger partial charge in [0.25, 0.3) is 0 Å². The summed E-state index contributed by atoms with van der Waals surface area (Å²) in [6, 6.07) is 6.82. The van der Waals surface area contributed by atoms with Crippen LogP contribution >= 0.6 is 0 Å². The molecule has 1 aliphatic heterocycles. The second-order valence-corrected chi connectivity index (χ2v) is 6.70. The van der Waals surface area contributed by atoms with Gasteiger partial charge in [-0.25, -0.2) is 4.79 Å². The van der Waals surface area contributed by atoms with Crippen LogP contribution in [-0.4, -0.2) is 17.7 Å². The van der Waals surface area contributed by atoms with Gasteiger partial charge in [0.2, 0.25) is 0 Å². The Hall–Kier alpha value is -2.30. The van der Waals surface area contributed by atoms with E-state index in [2.05, 4.69) is 0 Å². The molecule has 3 rings (SSSR count). The number of fused-ring (bicyclic) bond motifs is 3. The Labute approximate surface area is 134 Å². The second-order valence-electron chi connectivity index (χ2n) is 6.70. The van der Waals surface area contributed by atoms with Crippen molar-refractivity contribution in [2.24, 2.45) is 5.92 Å². The highest BCUT2D eigenvalue weighted by molar-refractivity contribution is 5.82. The van der Waals surface area contributed by atoms with E-state index in [0.29, 0.717) is 17.8 Å². The molecule has 1 atom stereocenters. The van der Waals surface area contributed by atoms with E-state index in [9.17, 15) is 9.59 Å². The standard InChI is InChI=1S/C18H20O5/c1-10(2)17(20)21-14-9-12-13(23-18(14,3)4)7-5-11-6-8-15(19)22-16(11)12/h5-8,10,14H,9H2,1-4H3/t14-/m1/s1. The van der Waals surface area contributed by atoms with Crippen LogP contribution in [0.5, 0.6) is 5.75 Å². The largest absolute Gasteiger partial charge is 0.484 e. The van der Waals surface area contributed by atoms with Crippen LogP contribution < -0.4 is 10.4 Å². The Balaban J connectivity index is 2.05.